The lowest BCUT2D eigenvalue weighted by Gasteiger charge is -2.33. The Kier molecular flexibility index (Phi) is 33.9. The molecule has 8 rings (SSSR count). The number of thiol groups is 1. The van der Waals surface area contributed by atoms with Gasteiger partial charge in [0.15, 0.2) is 0 Å². The van der Waals surface area contributed by atoms with E-state index in [2.05, 4.69) is 90.4 Å². The van der Waals surface area contributed by atoms with E-state index >= 15 is 4.79 Å². The van der Waals surface area contributed by atoms with Gasteiger partial charge in [-0.25, -0.2) is 19.7 Å². The van der Waals surface area contributed by atoms with Gasteiger partial charge in [0.1, 0.15) is 84.3 Å². The second-order valence-electron chi connectivity index (χ2n) is 30.2. The third-order valence-corrected chi connectivity index (χ3v) is 22.1. The molecule has 0 saturated carbocycles. The predicted molar refractivity (Wildman–Crippen MR) is 422 cm³/mol. The summed E-state index contributed by atoms with van der Waals surface area (Å²) in [4.78, 5) is 239. The van der Waals surface area contributed by atoms with Crippen LogP contribution < -0.4 is 59.3 Å². The summed E-state index contributed by atoms with van der Waals surface area (Å²) in [6.45, 7) is 8.34. The van der Waals surface area contributed by atoms with Gasteiger partial charge in [-0.2, -0.15) is 24.4 Å². The summed E-state index contributed by atoms with van der Waals surface area (Å²) in [5, 5.41) is 55.2. The van der Waals surface area contributed by atoms with Gasteiger partial charge in [0, 0.05) is 93.3 Å². The normalized spacial score (nSPS) is 19.8. The zero-order chi connectivity index (χ0) is 84.6. The number of benzene rings is 1. The molecule has 4 aliphatic heterocycles. The van der Waals surface area contributed by atoms with E-state index in [9.17, 15) is 82.4 Å². The van der Waals surface area contributed by atoms with Crippen LogP contribution in [0.25, 0.3) is 0 Å². The monoisotopic (exact) mass is 1660 g/mol. The maximum Gasteiger partial charge on any atom is 0.327 e. The zero-order valence-corrected chi connectivity index (χ0v) is 67.5. The Labute approximate surface area is 680 Å². The number of aromatic nitrogens is 6. The number of carbonyl (C=O) groups is 15. The molecule has 3 aromatic heterocycles. The van der Waals surface area contributed by atoms with E-state index in [4.69, 9.17) is 11.5 Å². The van der Waals surface area contributed by atoms with Crippen molar-refractivity contribution in [2.24, 2.45) is 23.3 Å². The number of hydrogen-bond acceptors (Lipinski definition) is 23. The van der Waals surface area contributed by atoms with E-state index in [1.54, 1.807) is 27.7 Å². The number of amides is 14. The van der Waals surface area contributed by atoms with Gasteiger partial charge >= 0.3 is 5.97 Å². The van der Waals surface area contributed by atoms with Crippen LogP contribution in [0.4, 0.5) is 0 Å². The van der Waals surface area contributed by atoms with Gasteiger partial charge in [-0.3, -0.25) is 67.1 Å². The van der Waals surface area contributed by atoms with Crippen molar-refractivity contribution in [2.45, 2.75) is 228 Å². The summed E-state index contributed by atoms with van der Waals surface area (Å²) in [5.74, 6) is -13.5. The number of carboxylic acids is 1. The number of aromatic amines is 3. The van der Waals surface area contributed by atoms with Crippen molar-refractivity contribution in [2.75, 3.05) is 43.9 Å². The third kappa shape index (κ3) is 24.9. The number of hydrogen-bond donors (Lipinski definition) is 18. The molecule has 0 aliphatic carbocycles. The molecule has 1 aromatic carbocycles. The van der Waals surface area contributed by atoms with E-state index in [0.29, 0.717) is 54.1 Å². The number of carbonyl (C=O) groups excluding carboxylic acids is 14. The maximum absolute atomic E-state index is 15.1. The van der Waals surface area contributed by atoms with Crippen molar-refractivity contribution in [1.29, 1.82) is 0 Å². The van der Waals surface area contributed by atoms with Crippen LogP contribution in [-0.4, -0.2) is 288 Å². The minimum absolute atomic E-state index is 0.00324. The number of phenols is 1. The number of nitrogens with zero attached hydrogens (tertiary/aromatic N) is 7. The number of aliphatic carboxylic acids is 1. The molecule has 19 N–H and O–H groups in total. The zero-order valence-electron chi connectivity index (χ0n) is 65.8. The van der Waals surface area contributed by atoms with Gasteiger partial charge in [0.25, 0.3) is 0 Å². The predicted octanol–water partition coefficient (Wildman–Crippen LogP) is -3.40. The molecule has 0 spiro atoms. The first kappa shape index (κ1) is 90.9. The molecule has 116 heavy (non-hydrogen) atoms. The molecule has 4 saturated heterocycles. The van der Waals surface area contributed by atoms with Crippen molar-refractivity contribution in [3.05, 3.63) is 84.5 Å². The highest BCUT2D eigenvalue weighted by molar-refractivity contribution is 7.98. The fourth-order valence-corrected chi connectivity index (χ4v) is 15.4. The van der Waals surface area contributed by atoms with E-state index < -0.39 is 192 Å². The van der Waals surface area contributed by atoms with Crippen molar-refractivity contribution in [3.63, 3.8) is 0 Å². The molecule has 39 nitrogen and oxygen atoms in total. The number of likely N-dealkylation sites (tertiary alicyclic amines) is 4. The number of H-pyrrole nitrogens is 3. The van der Waals surface area contributed by atoms with E-state index in [1.807, 2.05) is 6.26 Å². The van der Waals surface area contributed by atoms with Crippen molar-refractivity contribution in [3.8, 4) is 5.75 Å². The SMILES string of the molecule is CC[C@H](C)[C@H](NC(=O)[C@@H]1CCCN1C(=O)[C@@H](NC(=O)[C@@H]1CCCN1C(=O)[C@H](Cc1cnc[nH]1)NC(=O)[C@H](Cc1cnc[nH]1)NC(=O)[C@H](Cc1cnc[nH]1)NC(=O)[C@@H]1CCCN1C(=O)[C@@H](N)CCSC)[C@@H](C)O)C(=O)N[C@@H](Cc1ccc(O)cc1)C(=O)N[C@@H](CC(C)C)C(=O)N[C@@H](CC(N)=O)C(=O)N1CCC[C@H]1C(=O)N[C@@H](CS)C(=O)O. The van der Waals surface area contributed by atoms with Crippen molar-refractivity contribution < 1.29 is 87.2 Å². The number of phenolic OH excluding ortho intramolecular Hbond substituents is 1. The Hall–Kier alpha value is -10.7. The van der Waals surface area contributed by atoms with Crippen molar-refractivity contribution in [1.82, 2.24) is 97.4 Å². The Morgan fingerprint density at radius 2 is 0.905 bits per heavy atom. The number of nitrogens with two attached hydrogens (primary N) is 2. The number of aliphatic hydroxyl groups excluding tert-OH is 1. The van der Waals surface area contributed by atoms with Crippen LogP contribution in [0, 0.1) is 11.8 Å². The smallest absolute Gasteiger partial charge is 0.327 e. The maximum atomic E-state index is 15.1. The number of carboxylic acid groups (broad SMARTS) is 1. The van der Waals surface area contributed by atoms with Gasteiger partial charge < -0.3 is 109 Å². The number of imidazole rings is 3. The fourth-order valence-electron chi connectivity index (χ4n) is 14.7. The molecular weight excluding hydrogens is 1550 g/mol. The topological polar surface area (TPSA) is 576 Å². The summed E-state index contributed by atoms with van der Waals surface area (Å²) in [6, 6.07) is -13.3. The van der Waals surface area contributed by atoms with E-state index in [-0.39, 0.29) is 114 Å². The van der Waals surface area contributed by atoms with Crippen LogP contribution in [0.3, 0.4) is 0 Å². The van der Waals surface area contributed by atoms with Gasteiger partial charge in [0.2, 0.25) is 82.7 Å². The van der Waals surface area contributed by atoms with Gasteiger partial charge in [-0.1, -0.05) is 46.2 Å². The molecule has 634 valence electrons. The molecule has 16 atom stereocenters. The average Bonchev–Trinajstić information content (AvgIpc) is 1.84. The number of aromatic hydroxyl groups is 1. The van der Waals surface area contributed by atoms with Crippen LogP contribution >= 0.6 is 24.4 Å². The summed E-state index contributed by atoms with van der Waals surface area (Å²) in [6.07, 6.45) is 9.65. The van der Waals surface area contributed by atoms with Crippen LogP contribution in [0.2, 0.25) is 0 Å². The number of primary amides is 1. The summed E-state index contributed by atoms with van der Waals surface area (Å²) >= 11 is 5.52. The third-order valence-electron chi connectivity index (χ3n) is 21.1. The summed E-state index contributed by atoms with van der Waals surface area (Å²) < 4.78 is 0. The highest BCUT2D eigenvalue weighted by atomic mass is 32.2. The summed E-state index contributed by atoms with van der Waals surface area (Å²) in [7, 11) is 0. The lowest BCUT2D eigenvalue weighted by molar-refractivity contribution is -0.146. The molecule has 4 aliphatic rings. The van der Waals surface area contributed by atoms with Gasteiger partial charge in [0.05, 0.1) is 37.5 Å². The van der Waals surface area contributed by atoms with E-state index in [1.165, 1.54) is 95.2 Å². The molecule has 0 radical (unpaired) electrons. The van der Waals surface area contributed by atoms with Crippen LogP contribution in [-0.2, 0) is 97.6 Å². The Balaban J connectivity index is 0.956. The minimum Gasteiger partial charge on any atom is -0.508 e. The number of rotatable bonds is 42. The molecule has 4 fully saturated rings. The van der Waals surface area contributed by atoms with Gasteiger partial charge in [-0.05, 0) is 113 Å². The molecule has 4 aromatic rings. The van der Waals surface area contributed by atoms with Crippen LogP contribution in [0.1, 0.15) is 134 Å². The van der Waals surface area contributed by atoms with Gasteiger partial charge in [-0.15, -0.1) is 0 Å². The second-order valence-corrected chi connectivity index (χ2v) is 31.6. The number of thioether (sulfide) groups is 1. The molecule has 0 unspecified atom stereocenters. The lowest BCUT2D eigenvalue weighted by atomic mass is 9.96. The molecule has 14 amide bonds. The lowest BCUT2D eigenvalue weighted by Crippen LogP contribution is -2.62. The highest BCUT2D eigenvalue weighted by Gasteiger charge is 2.47. The highest BCUT2D eigenvalue weighted by Crippen LogP contribution is 2.27. The molecule has 41 heteroatoms. The average molecular weight is 1660 g/mol. The first-order chi connectivity index (χ1) is 55.3. The molecule has 7 heterocycles. The number of aliphatic hydroxyl groups is 1. The number of nitrogens with one attached hydrogen (secondary N) is 12. The fraction of sp³-hybridized carbons (Fsp3) is 0.600. The Morgan fingerprint density at radius 3 is 1.34 bits per heavy atom. The Bertz CT molecular complexity index is 4060. The standard InChI is InChI=1S/C75H109N21O18S2/c1-7-40(4)60(70(108)87-49(27-42-16-18-46(98)19-17-42)63(101)84-48(26-39(2)3)62(100)89-53(31-59(77)99)73(111)94-22-9-13-56(94)67(105)90-54(35-115)75(113)114)91-68(106)58-15-11-24-96(58)74(112)61(41(5)97)92-69(107)57-14-10-23-95(57)72(110)52(30-45-34-80-38-83-45)88-65(103)50(28-43-32-78-36-81-43)85-64(102)51(29-44-33-79-37-82-44)86-66(104)55-12-8-21-93(55)71(109)47(76)20-25-116-6/h16-19,32-34,36-41,47-58,60-61,97-98,115H,7-15,20-31,35,76H2,1-6H3,(H2,77,99)(H,78,81)(H,79,82)(H,80,83)(H,84,101)(H,85,102)(H,86,104)(H,87,108)(H,88,103)(H,89,100)(H,90,105)(H,91,106)(H,92,107)(H,113,114)/t40-,41+,47-,48-,49-,50-,51-,52-,53-,54-,55-,56-,57-,58-,60-,61-/m0/s1. The van der Waals surface area contributed by atoms with Crippen LogP contribution in [0.5, 0.6) is 5.75 Å². The minimum atomic E-state index is -1.71. The largest absolute Gasteiger partial charge is 0.508 e. The molecular formula is C75H109N21O18S2. The second kappa shape index (κ2) is 43.3. The quantitative estimate of drug-likeness (QED) is 0.0192. The summed E-state index contributed by atoms with van der Waals surface area (Å²) in [5.41, 5.74) is 13.5. The van der Waals surface area contributed by atoms with Crippen LogP contribution in [0.15, 0.2) is 61.8 Å². The van der Waals surface area contributed by atoms with E-state index in [0.717, 1.165) is 4.90 Å². The first-order valence-electron chi connectivity index (χ1n) is 39.0. The van der Waals surface area contributed by atoms with Crippen molar-refractivity contribution >= 4 is 113 Å². The first-order valence-corrected chi connectivity index (χ1v) is 41.0. The Morgan fingerprint density at radius 1 is 0.517 bits per heavy atom. The molecule has 0 bridgehead atoms.